The molecule has 0 fully saturated rings. The van der Waals surface area contributed by atoms with Crippen LogP contribution in [0, 0.1) is 6.92 Å². The fraction of sp³-hybridized carbons (Fsp3) is 0.172. The van der Waals surface area contributed by atoms with Gasteiger partial charge in [-0.25, -0.2) is 4.68 Å². The molecule has 0 saturated carbocycles. The van der Waals surface area contributed by atoms with Crippen LogP contribution in [0.4, 0.5) is 0 Å². The molecule has 4 aromatic heterocycles. The second-order valence-corrected chi connectivity index (χ2v) is 10.9. The van der Waals surface area contributed by atoms with Crippen LogP contribution in [0.5, 0.6) is 5.75 Å². The highest BCUT2D eigenvalue weighted by Crippen LogP contribution is 2.29. The van der Waals surface area contributed by atoms with Crippen LogP contribution < -0.4 is 14.8 Å². The standard InChI is InChI=1S/C29H25N5O2S2/c1-3-4-14-36-23-13-12-20(16-19(23)2)26-21(18-33(31-26)22-9-6-5-7-10-22)17-25-28(35)34-29(38-25)30-27(32-34)24-11-8-15-37-24/h5-13,15-18H,3-4,14H2,1-2H3. The third-order valence-electron chi connectivity index (χ3n) is 6.18. The summed E-state index contributed by atoms with van der Waals surface area (Å²) < 4.78 is 9.75. The number of thiophene rings is 1. The zero-order valence-electron chi connectivity index (χ0n) is 21.0. The zero-order valence-corrected chi connectivity index (χ0v) is 22.6. The topological polar surface area (TPSA) is 74.3 Å². The Kier molecular flexibility index (Phi) is 6.61. The summed E-state index contributed by atoms with van der Waals surface area (Å²) in [5, 5.41) is 11.4. The lowest BCUT2D eigenvalue weighted by Crippen LogP contribution is -2.23. The summed E-state index contributed by atoms with van der Waals surface area (Å²) >= 11 is 2.88. The van der Waals surface area contributed by atoms with Crippen molar-refractivity contribution in [1.29, 1.82) is 0 Å². The van der Waals surface area contributed by atoms with Crippen molar-refractivity contribution >= 4 is 33.7 Å². The number of fused-ring (bicyclic) bond motifs is 1. The molecule has 190 valence electrons. The van der Waals surface area contributed by atoms with Crippen molar-refractivity contribution in [3.63, 3.8) is 0 Å². The first kappa shape index (κ1) is 24.3. The van der Waals surface area contributed by atoms with Crippen LogP contribution in [0.15, 0.2) is 77.0 Å². The summed E-state index contributed by atoms with van der Waals surface area (Å²) in [5.74, 6) is 1.45. The molecule has 9 heteroatoms. The third kappa shape index (κ3) is 4.66. The number of thiazole rings is 1. The molecule has 2 aromatic carbocycles. The van der Waals surface area contributed by atoms with E-state index in [0.29, 0.717) is 21.9 Å². The number of aromatic nitrogens is 5. The summed E-state index contributed by atoms with van der Waals surface area (Å²) in [6.07, 6.45) is 5.95. The Labute approximate surface area is 227 Å². The molecule has 0 saturated heterocycles. The summed E-state index contributed by atoms with van der Waals surface area (Å²) in [7, 11) is 0. The zero-order chi connectivity index (χ0) is 26.1. The van der Waals surface area contributed by atoms with Crippen LogP contribution in [-0.2, 0) is 0 Å². The molecule has 0 unspecified atom stereocenters. The van der Waals surface area contributed by atoms with Gasteiger partial charge < -0.3 is 4.74 Å². The van der Waals surface area contributed by atoms with E-state index in [1.54, 1.807) is 11.3 Å². The lowest BCUT2D eigenvalue weighted by molar-refractivity contribution is 0.307. The molecular formula is C29H25N5O2S2. The first-order chi connectivity index (χ1) is 18.6. The van der Waals surface area contributed by atoms with Gasteiger partial charge in [0.25, 0.3) is 5.56 Å². The summed E-state index contributed by atoms with van der Waals surface area (Å²) in [4.78, 5) is 19.4. The SMILES string of the molecule is CCCCOc1ccc(-c2nn(-c3ccccc3)cc2C=c2sc3nc(-c4cccs4)nn3c2=O)cc1C. The Hall–Kier alpha value is -4.08. The van der Waals surface area contributed by atoms with Gasteiger partial charge in [-0.3, -0.25) is 4.79 Å². The Bertz CT molecular complexity index is 1820. The van der Waals surface area contributed by atoms with Crippen LogP contribution >= 0.6 is 22.7 Å². The van der Waals surface area contributed by atoms with Crippen LogP contribution in [0.2, 0.25) is 0 Å². The summed E-state index contributed by atoms with van der Waals surface area (Å²) in [5.41, 5.74) is 4.38. The molecule has 0 radical (unpaired) electrons. The fourth-order valence-electron chi connectivity index (χ4n) is 4.20. The second kappa shape index (κ2) is 10.4. The number of hydrogen-bond acceptors (Lipinski definition) is 7. The van der Waals surface area contributed by atoms with Gasteiger partial charge in [-0.1, -0.05) is 48.9 Å². The summed E-state index contributed by atoms with van der Waals surface area (Å²) in [6, 6.07) is 20.0. The maximum atomic E-state index is 13.3. The molecule has 7 nitrogen and oxygen atoms in total. The Morgan fingerprint density at radius 2 is 1.92 bits per heavy atom. The fourth-order valence-corrected chi connectivity index (χ4v) is 5.75. The van der Waals surface area contributed by atoms with E-state index in [1.165, 1.54) is 15.9 Å². The minimum atomic E-state index is -0.186. The lowest BCUT2D eigenvalue weighted by Gasteiger charge is -2.10. The molecule has 0 aliphatic heterocycles. The number of aryl methyl sites for hydroxylation is 1. The minimum Gasteiger partial charge on any atom is -0.493 e. The van der Waals surface area contributed by atoms with Gasteiger partial charge in [0, 0.05) is 17.3 Å². The van der Waals surface area contributed by atoms with E-state index in [0.717, 1.165) is 51.5 Å². The molecule has 4 heterocycles. The average Bonchev–Trinajstić information content (AvgIpc) is 3.72. The monoisotopic (exact) mass is 539 g/mol. The lowest BCUT2D eigenvalue weighted by atomic mass is 10.0. The van der Waals surface area contributed by atoms with E-state index in [-0.39, 0.29) is 5.56 Å². The molecule has 6 rings (SSSR count). The predicted molar refractivity (Wildman–Crippen MR) is 153 cm³/mol. The van der Waals surface area contributed by atoms with Crippen LogP contribution in [0.25, 0.3) is 38.7 Å². The number of unbranched alkanes of at least 4 members (excludes halogenated alkanes) is 1. The number of hydrogen-bond donors (Lipinski definition) is 0. The van der Waals surface area contributed by atoms with E-state index in [9.17, 15) is 4.79 Å². The van der Waals surface area contributed by atoms with E-state index in [4.69, 9.17) is 9.84 Å². The van der Waals surface area contributed by atoms with Gasteiger partial charge >= 0.3 is 0 Å². The maximum absolute atomic E-state index is 13.3. The highest BCUT2D eigenvalue weighted by molar-refractivity contribution is 7.15. The van der Waals surface area contributed by atoms with Gasteiger partial charge in [0.15, 0.2) is 5.82 Å². The minimum absolute atomic E-state index is 0.186. The van der Waals surface area contributed by atoms with Crippen molar-refractivity contribution in [1.82, 2.24) is 24.4 Å². The molecule has 0 spiro atoms. The Morgan fingerprint density at radius 1 is 1.05 bits per heavy atom. The van der Waals surface area contributed by atoms with E-state index < -0.39 is 0 Å². The Balaban J connectivity index is 1.44. The molecule has 0 amide bonds. The number of benzene rings is 2. The van der Waals surface area contributed by atoms with Gasteiger partial charge in [0.1, 0.15) is 11.4 Å². The highest BCUT2D eigenvalue weighted by atomic mass is 32.1. The number of nitrogens with zero attached hydrogens (tertiary/aromatic N) is 5. The molecule has 0 N–H and O–H groups in total. The highest BCUT2D eigenvalue weighted by Gasteiger charge is 2.16. The molecule has 0 bridgehead atoms. The smallest absolute Gasteiger partial charge is 0.291 e. The van der Waals surface area contributed by atoms with Crippen molar-refractivity contribution in [2.45, 2.75) is 26.7 Å². The second-order valence-electron chi connectivity index (χ2n) is 8.92. The maximum Gasteiger partial charge on any atom is 0.291 e. The van der Waals surface area contributed by atoms with Crippen LogP contribution in [0.1, 0.15) is 30.9 Å². The van der Waals surface area contributed by atoms with Crippen molar-refractivity contribution in [3.8, 4) is 33.4 Å². The van der Waals surface area contributed by atoms with Gasteiger partial charge in [-0.2, -0.15) is 14.6 Å². The Morgan fingerprint density at radius 3 is 2.66 bits per heavy atom. The van der Waals surface area contributed by atoms with Gasteiger partial charge in [0.2, 0.25) is 4.96 Å². The largest absolute Gasteiger partial charge is 0.493 e. The predicted octanol–water partition coefficient (Wildman–Crippen LogP) is 5.77. The first-order valence-electron chi connectivity index (χ1n) is 12.4. The molecule has 38 heavy (non-hydrogen) atoms. The molecule has 0 aliphatic carbocycles. The summed E-state index contributed by atoms with van der Waals surface area (Å²) in [6.45, 7) is 4.90. The quantitative estimate of drug-likeness (QED) is 0.230. The van der Waals surface area contributed by atoms with Crippen molar-refractivity contribution in [2.24, 2.45) is 0 Å². The molecule has 6 aromatic rings. The molecular weight excluding hydrogens is 514 g/mol. The van der Waals surface area contributed by atoms with Crippen LogP contribution in [-0.4, -0.2) is 31.0 Å². The number of para-hydroxylation sites is 1. The number of ether oxygens (including phenoxy) is 1. The number of rotatable bonds is 8. The van der Waals surface area contributed by atoms with Crippen molar-refractivity contribution in [3.05, 3.63) is 98.3 Å². The van der Waals surface area contributed by atoms with E-state index in [1.807, 2.05) is 83.9 Å². The third-order valence-corrected chi connectivity index (χ3v) is 8.00. The average molecular weight is 540 g/mol. The van der Waals surface area contributed by atoms with E-state index in [2.05, 4.69) is 23.1 Å². The van der Waals surface area contributed by atoms with Gasteiger partial charge in [-0.15, -0.1) is 16.4 Å². The normalized spacial score (nSPS) is 12.0. The van der Waals surface area contributed by atoms with Crippen molar-refractivity contribution in [2.75, 3.05) is 6.61 Å². The molecule has 0 atom stereocenters. The molecule has 0 aliphatic rings. The van der Waals surface area contributed by atoms with Gasteiger partial charge in [0.05, 0.1) is 21.7 Å². The van der Waals surface area contributed by atoms with Gasteiger partial charge in [-0.05, 0) is 66.8 Å². The van der Waals surface area contributed by atoms with Crippen LogP contribution in [0.3, 0.4) is 0 Å². The van der Waals surface area contributed by atoms with Crippen molar-refractivity contribution < 1.29 is 4.74 Å². The van der Waals surface area contributed by atoms with E-state index >= 15 is 0 Å². The first-order valence-corrected chi connectivity index (χ1v) is 14.1.